The molecule has 3 heteroatoms. The molecule has 50 valence electrons. The highest BCUT2D eigenvalue weighted by atomic mass is 32.1. The van der Waals surface area contributed by atoms with Crippen LogP contribution in [0.15, 0.2) is 0 Å². The van der Waals surface area contributed by atoms with Crippen LogP contribution in [-0.2, 0) is 0 Å². The Labute approximate surface area is 54.9 Å². The van der Waals surface area contributed by atoms with Gasteiger partial charge in [-0.05, 0) is 6.42 Å². The molecule has 0 aromatic carbocycles. The first-order valence-electron chi connectivity index (χ1n) is 2.63. The zero-order valence-corrected chi connectivity index (χ0v) is 5.80. The fourth-order valence-corrected chi connectivity index (χ4v) is 0.712. The Morgan fingerprint density at radius 3 is 2.25 bits per heavy atom. The lowest BCUT2D eigenvalue weighted by molar-refractivity contribution is 0.0890. The highest BCUT2D eigenvalue weighted by molar-refractivity contribution is 7.80. The van der Waals surface area contributed by atoms with Gasteiger partial charge in [-0.25, -0.2) is 0 Å². The highest BCUT2D eigenvalue weighted by Crippen LogP contribution is 2.02. The third-order valence-electron chi connectivity index (χ3n) is 0.824. The zero-order valence-electron chi connectivity index (χ0n) is 4.91. The Morgan fingerprint density at radius 2 is 2.12 bits per heavy atom. The molecule has 0 spiro atoms. The fourth-order valence-electron chi connectivity index (χ4n) is 0.468. The van der Waals surface area contributed by atoms with Crippen LogP contribution in [0.2, 0.25) is 0 Å². The SMILES string of the molecule is CC(S)CC(O)CO. The molecule has 0 aromatic heterocycles. The molecule has 8 heavy (non-hydrogen) atoms. The van der Waals surface area contributed by atoms with Crippen molar-refractivity contribution in [1.82, 2.24) is 0 Å². The van der Waals surface area contributed by atoms with E-state index >= 15 is 0 Å². The van der Waals surface area contributed by atoms with Crippen LogP contribution in [0.25, 0.3) is 0 Å². The van der Waals surface area contributed by atoms with Gasteiger partial charge < -0.3 is 10.2 Å². The second-order valence-corrected chi connectivity index (χ2v) is 2.80. The summed E-state index contributed by atoms with van der Waals surface area (Å²) in [4.78, 5) is 0. The number of hydrogen-bond donors (Lipinski definition) is 3. The molecule has 0 heterocycles. The summed E-state index contributed by atoms with van der Waals surface area (Å²) in [5.74, 6) is 0. The van der Waals surface area contributed by atoms with E-state index in [0.717, 1.165) is 0 Å². The Balaban J connectivity index is 3.10. The van der Waals surface area contributed by atoms with E-state index in [9.17, 15) is 0 Å². The van der Waals surface area contributed by atoms with Crippen molar-refractivity contribution >= 4 is 12.6 Å². The predicted octanol–water partition coefficient (Wildman–Crippen LogP) is 0.0480. The molecule has 2 nitrogen and oxygen atoms in total. The molecule has 0 aliphatic carbocycles. The van der Waals surface area contributed by atoms with Crippen molar-refractivity contribution in [1.29, 1.82) is 0 Å². The van der Waals surface area contributed by atoms with Gasteiger partial charge in [-0.1, -0.05) is 6.92 Å². The van der Waals surface area contributed by atoms with Crippen molar-refractivity contribution in [2.75, 3.05) is 6.61 Å². The summed E-state index contributed by atoms with van der Waals surface area (Å²) in [5, 5.41) is 17.2. The van der Waals surface area contributed by atoms with Gasteiger partial charge in [0.25, 0.3) is 0 Å². The van der Waals surface area contributed by atoms with Crippen LogP contribution in [0.5, 0.6) is 0 Å². The van der Waals surface area contributed by atoms with Crippen LogP contribution in [0, 0.1) is 0 Å². The maximum Gasteiger partial charge on any atom is 0.0781 e. The van der Waals surface area contributed by atoms with Crippen LogP contribution in [0.1, 0.15) is 13.3 Å². The number of hydrogen-bond acceptors (Lipinski definition) is 3. The molecule has 0 fully saturated rings. The van der Waals surface area contributed by atoms with Gasteiger partial charge >= 0.3 is 0 Å². The van der Waals surface area contributed by atoms with E-state index in [0.29, 0.717) is 6.42 Å². The van der Waals surface area contributed by atoms with Crippen molar-refractivity contribution < 1.29 is 10.2 Å². The normalized spacial score (nSPS) is 18.0. The first kappa shape index (κ1) is 8.27. The Kier molecular flexibility index (Phi) is 4.32. The number of aliphatic hydroxyl groups excluding tert-OH is 2. The summed E-state index contributed by atoms with van der Waals surface area (Å²) < 4.78 is 0. The molecule has 0 aliphatic heterocycles. The van der Waals surface area contributed by atoms with Gasteiger partial charge in [-0.15, -0.1) is 0 Å². The lowest BCUT2D eigenvalue weighted by Gasteiger charge is -2.07. The molecular formula is C5H12O2S. The van der Waals surface area contributed by atoms with Gasteiger partial charge in [-0.3, -0.25) is 0 Å². The maximum atomic E-state index is 8.73. The second-order valence-electron chi connectivity index (χ2n) is 1.92. The topological polar surface area (TPSA) is 40.5 Å². The molecule has 0 saturated carbocycles. The van der Waals surface area contributed by atoms with Crippen molar-refractivity contribution in [3.63, 3.8) is 0 Å². The monoisotopic (exact) mass is 136 g/mol. The largest absolute Gasteiger partial charge is 0.394 e. The molecule has 2 unspecified atom stereocenters. The van der Waals surface area contributed by atoms with E-state index in [1.54, 1.807) is 0 Å². The Morgan fingerprint density at radius 1 is 1.62 bits per heavy atom. The number of aliphatic hydroxyl groups is 2. The molecule has 0 radical (unpaired) electrons. The van der Waals surface area contributed by atoms with Crippen molar-refractivity contribution in [3.8, 4) is 0 Å². The summed E-state index contributed by atoms with van der Waals surface area (Å²) in [6.07, 6.45) is -0.0397. The Bertz CT molecular complexity index is 56.4. The molecule has 2 atom stereocenters. The third-order valence-corrected chi connectivity index (χ3v) is 1.03. The van der Waals surface area contributed by atoms with E-state index in [-0.39, 0.29) is 11.9 Å². The summed E-state index contributed by atoms with van der Waals surface area (Å²) in [6, 6.07) is 0. The Hall–Kier alpha value is 0.270. The molecule has 0 aromatic rings. The minimum Gasteiger partial charge on any atom is -0.394 e. The van der Waals surface area contributed by atoms with Gasteiger partial charge in [0.15, 0.2) is 0 Å². The minimum atomic E-state index is -0.595. The average molecular weight is 136 g/mol. The molecule has 0 aliphatic rings. The van der Waals surface area contributed by atoms with Gasteiger partial charge in [0, 0.05) is 5.25 Å². The van der Waals surface area contributed by atoms with Crippen LogP contribution < -0.4 is 0 Å². The van der Waals surface area contributed by atoms with Gasteiger partial charge in [-0.2, -0.15) is 12.6 Å². The summed E-state index contributed by atoms with van der Waals surface area (Å²) >= 11 is 4.02. The minimum absolute atomic E-state index is 0.162. The molecule has 0 saturated heterocycles. The van der Waals surface area contributed by atoms with Gasteiger partial charge in [0.05, 0.1) is 12.7 Å². The lowest BCUT2D eigenvalue weighted by atomic mass is 10.2. The molecule has 0 rings (SSSR count). The summed E-state index contributed by atoms with van der Waals surface area (Å²) in [6.45, 7) is 1.72. The smallest absolute Gasteiger partial charge is 0.0781 e. The lowest BCUT2D eigenvalue weighted by Crippen LogP contribution is -2.15. The van der Waals surface area contributed by atoms with Gasteiger partial charge in [0.2, 0.25) is 0 Å². The van der Waals surface area contributed by atoms with Crippen molar-refractivity contribution in [2.24, 2.45) is 0 Å². The van der Waals surface area contributed by atoms with Crippen LogP contribution >= 0.6 is 12.6 Å². The van der Waals surface area contributed by atoms with E-state index < -0.39 is 6.10 Å². The van der Waals surface area contributed by atoms with E-state index in [4.69, 9.17) is 10.2 Å². The second kappa shape index (κ2) is 4.18. The fraction of sp³-hybridized carbons (Fsp3) is 1.00. The standard InChI is InChI=1S/C5H12O2S/c1-4(8)2-5(7)3-6/h4-8H,2-3H2,1H3. The van der Waals surface area contributed by atoms with Crippen molar-refractivity contribution in [2.45, 2.75) is 24.7 Å². The first-order chi connectivity index (χ1) is 3.66. The molecule has 2 N–H and O–H groups in total. The molecule has 0 bridgehead atoms. The average Bonchev–Trinajstić information content (AvgIpc) is 1.65. The van der Waals surface area contributed by atoms with Crippen LogP contribution in [0.3, 0.4) is 0 Å². The predicted molar refractivity (Wildman–Crippen MR) is 36.2 cm³/mol. The zero-order chi connectivity index (χ0) is 6.57. The highest BCUT2D eigenvalue weighted by Gasteiger charge is 2.03. The van der Waals surface area contributed by atoms with E-state index in [1.807, 2.05) is 6.92 Å². The summed E-state index contributed by atoms with van der Waals surface area (Å²) in [7, 11) is 0. The van der Waals surface area contributed by atoms with Crippen LogP contribution in [-0.4, -0.2) is 28.2 Å². The van der Waals surface area contributed by atoms with Crippen molar-refractivity contribution in [3.05, 3.63) is 0 Å². The molecule has 0 amide bonds. The van der Waals surface area contributed by atoms with E-state index in [1.165, 1.54) is 0 Å². The third kappa shape index (κ3) is 4.43. The van der Waals surface area contributed by atoms with E-state index in [2.05, 4.69) is 12.6 Å². The van der Waals surface area contributed by atoms with Crippen LogP contribution in [0.4, 0.5) is 0 Å². The van der Waals surface area contributed by atoms with Gasteiger partial charge in [0.1, 0.15) is 0 Å². The quantitative estimate of drug-likeness (QED) is 0.480. The number of rotatable bonds is 3. The summed E-state index contributed by atoms with van der Waals surface area (Å²) in [5.41, 5.74) is 0. The number of thiol groups is 1. The maximum absolute atomic E-state index is 8.73. The first-order valence-corrected chi connectivity index (χ1v) is 3.15. The molecular weight excluding hydrogens is 124 g/mol.